The lowest BCUT2D eigenvalue weighted by molar-refractivity contribution is -0.145. The normalized spacial score (nSPS) is 12.8. The zero-order chi connectivity index (χ0) is 13.1. The fourth-order valence-corrected chi connectivity index (χ4v) is 1.43. The number of carbonyl (C=O) groups excluding carboxylic acids is 1. The summed E-state index contributed by atoms with van der Waals surface area (Å²) in [7, 11) is 1.59. The van der Waals surface area contributed by atoms with Crippen molar-refractivity contribution < 1.29 is 24.5 Å². The Morgan fingerprint density at radius 1 is 1.41 bits per heavy atom. The van der Waals surface area contributed by atoms with E-state index in [1.54, 1.807) is 14.0 Å². The molecule has 0 aromatic heterocycles. The minimum Gasteiger partial charge on any atom is -0.466 e. The van der Waals surface area contributed by atoms with Crippen LogP contribution in [0.4, 0.5) is 0 Å². The molecule has 0 fully saturated rings. The quantitative estimate of drug-likeness (QED) is 0.496. The van der Waals surface area contributed by atoms with Gasteiger partial charge >= 0.3 is 5.97 Å². The summed E-state index contributed by atoms with van der Waals surface area (Å²) in [5, 5.41) is 18.5. The number of ether oxygens (including phenoxy) is 2. The fraction of sp³-hybridized carbons (Fsp3) is 0.909. The van der Waals surface area contributed by atoms with Gasteiger partial charge in [0.1, 0.15) is 0 Å². The first-order valence-corrected chi connectivity index (χ1v) is 5.79. The zero-order valence-corrected chi connectivity index (χ0v) is 10.6. The number of hydrogen-bond acceptors (Lipinski definition) is 6. The molecule has 0 aromatic rings. The molecule has 0 aliphatic heterocycles. The van der Waals surface area contributed by atoms with Crippen molar-refractivity contribution in [2.45, 2.75) is 19.4 Å². The summed E-state index contributed by atoms with van der Waals surface area (Å²) < 4.78 is 9.67. The van der Waals surface area contributed by atoms with Crippen LogP contribution < -0.4 is 0 Å². The molecule has 0 heterocycles. The molecule has 0 rings (SSSR count). The van der Waals surface area contributed by atoms with Crippen LogP contribution in [0, 0.1) is 0 Å². The molecule has 6 nitrogen and oxygen atoms in total. The zero-order valence-electron chi connectivity index (χ0n) is 10.6. The number of esters is 1. The smallest absolute Gasteiger partial charge is 0.308 e. The molecular weight excluding hydrogens is 226 g/mol. The van der Waals surface area contributed by atoms with E-state index in [-0.39, 0.29) is 13.0 Å². The standard InChI is InChI=1S/C11H23NO5/c1-3-17-11(15)8-10(14)9-12(4-6-13)5-7-16-2/h10,13-14H,3-9H2,1-2H3. The van der Waals surface area contributed by atoms with Crippen molar-refractivity contribution >= 4 is 5.97 Å². The average molecular weight is 249 g/mol. The third-order valence-electron chi connectivity index (χ3n) is 2.20. The fourth-order valence-electron chi connectivity index (χ4n) is 1.43. The molecule has 0 bridgehead atoms. The highest BCUT2D eigenvalue weighted by Gasteiger charge is 2.15. The second-order valence-corrected chi connectivity index (χ2v) is 3.68. The van der Waals surface area contributed by atoms with Crippen molar-refractivity contribution in [2.24, 2.45) is 0 Å². The largest absolute Gasteiger partial charge is 0.466 e. The van der Waals surface area contributed by atoms with E-state index in [0.29, 0.717) is 32.8 Å². The lowest BCUT2D eigenvalue weighted by atomic mass is 10.2. The summed E-state index contributed by atoms with van der Waals surface area (Å²) in [6.45, 7) is 3.95. The molecule has 0 amide bonds. The van der Waals surface area contributed by atoms with Crippen molar-refractivity contribution in [3.8, 4) is 0 Å². The van der Waals surface area contributed by atoms with E-state index in [2.05, 4.69) is 0 Å². The number of carbonyl (C=O) groups is 1. The Bertz CT molecular complexity index is 200. The molecule has 17 heavy (non-hydrogen) atoms. The summed E-state index contributed by atoms with van der Waals surface area (Å²) in [4.78, 5) is 13.0. The van der Waals surface area contributed by atoms with Gasteiger partial charge in [0, 0.05) is 26.7 Å². The maximum Gasteiger partial charge on any atom is 0.308 e. The molecule has 1 unspecified atom stereocenters. The molecule has 0 aromatic carbocycles. The third kappa shape index (κ3) is 9.05. The van der Waals surface area contributed by atoms with Gasteiger partial charge in [0.25, 0.3) is 0 Å². The van der Waals surface area contributed by atoms with Crippen molar-refractivity contribution in [1.29, 1.82) is 0 Å². The Balaban J connectivity index is 3.92. The van der Waals surface area contributed by atoms with Crippen LogP contribution in [0.25, 0.3) is 0 Å². The number of hydrogen-bond donors (Lipinski definition) is 2. The van der Waals surface area contributed by atoms with Gasteiger partial charge in [-0.2, -0.15) is 0 Å². The summed E-state index contributed by atoms with van der Waals surface area (Å²) in [5.74, 6) is -0.407. The Labute approximate surface area is 102 Å². The number of nitrogens with zero attached hydrogens (tertiary/aromatic N) is 1. The molecule has 2 N–H and O–H groups in total. The Morgan fingerprint density at radius 2 is 2.12 bits per heavy atom. The van der Waals surface area contributed by atoms with E-state index in [4.69, 9.17) is 14.6 Å². The summed E-state index contributed by atoms with van der Waals surface area (Å²) in [6.07, 6.45) is -0.805. The lowest BCUT2D eigenvalue weighted by Crippen LogP contribution is -2.37. The molecule has 0 aliphatic carbocycles. The van der Waals surface area contributed by atoms with Gasteiger partial charge in [-0.05, 0) is 6.92 Å². The Kier molecular flexibility index (Phi) is 10.0. The van der Waals surface area contributed by atoms with E-state index < -0.39 is 12.1 Å². The first kappa shape index (κ1) is 16.3. The molecule has 6 heteroatoms. The third-order valence-corrected chi connectivity index (χ3v) is 2.20. The second kappa shape index (κ2) is 10.5. The maximum atomic E-state index is 11.1. The number of aliphatic hydroxyl groups excluding tert-OH is 2. The number of rotatable bonds is 10. The van der Waals surface area contributed by atoms with Gasteiger partial charge in [-0.1, -0.05) is 0 Å². The van der Waals surface area contributed by atoms with Crippen molar-refractivity contribution in [3.05, 3.63) is 0 Å². The number of aliphatic hydroxyl groups is 2. The molecule has 0 saturated heterocycles. The summed E-state index contributed by atoms with van der Waals surface area (Å²) in [6, 6.07) is 0. The van der Waals surface area contributed by atoms with Crippen LogP contribution in [-0.2, 0) is 14.3 Å². The van der Waals surface area contributed by atoms with Gasteiger partial charge in [-0.15, -0.1) is 0 Å². The molecule has 0 spiro atoms. The lowest BCUT2D eigenvalue weighted by Gasteiger charge is -2.23. The minimum absolute atomic E-state index is 0.00976. The monoisotopic (exact) mass is 249 g/mol. The van der Waals surface area contributed by atoms with Crippen LogP contribution in [0.1, 0.15) is 13.3 Å². The SMILES string of the molecule is CCOC(=O)CC(O)CN(CCO)CCOC. The van der Waals surface area contributed by atoms with Gasteiger partial charge in [0.2, 0.25) is 0 Å². The maximum absolute atomic E-state index is 11.1. The van der Waals surface area contributed by atoms with Crippen LogP contribution in [0.15, 0.2) is 0 Å². The summed E-state index contributed by atoms with van der Waals surface area (Å²) >= 11 is 0. The average Bonchev–Trinajstić information content (AvgIpc) is 2.26. The van der Waals surface area contributed by atoms with E-state index in [1.165, 1.54) is 0 Å². The molecule has 0 saturated carbocycles. The minimum atomic E-state index is -0.780. The Morgan fingerprint density at radius 3 is 2.65 bits per heavy atom. The van der Waals surface area contributed by atoms with E-state index in [0.717, 1.165) is 0 Å². The predicted octanol–water partition coefficient (Wildman–Crippen LogP) is -0.759. The highest BCUT2D eigenvalue weighted by Crippen LogP contribution is 1.99. The van der Waals surface area contributed by atoms with Crippen LogP contribution >= 0.6 is 0 Å². The van der Waals surface area contributed by atoms with Gasteiger partial charge in [-0.25, -0.2) is 0 Å². The van der Waals surface area contributed by atoms with E-state index in [1.807, 2.05) is 4.90 Å². The number of methoxy groups -OCH3 is 1. The van der Waals surface area contributed by atoms with Crippen LogP contribution in [0.3, 0.4) is 0 Å². The van der Waals surface area contributed by atoms with Crippen LogP contribution in [0.5, 0.6) is 0 Å². The van der Waals surface area contributed by atoms with Gasteiger partial charge < -0.3 is 19.7 Å². The molecule has 0 radical (unpaired) electrons. The van der Waals surface area contributed by atoms with Crippen molar-refractivity contribution in [2.75, 3.05) is 46.6 Å². The van der Waals surface area contributed by atoms with E-state index in [9.17, 15) is 9.90 Å². The topological polar surface area (TPSA) is 79.2 Å². The first-order chi connectivity index (χ1) is 8.13. The van der Waals surface area contributed by atoms with Gasteiger partial charge in [0.15, 0.2) is 0 Å². The molecule has 1 atom stereocenters. The van der Waals surface area contributed by atoms with Crippen LogP contribution in [0.2, 0.25) is 0 Å². The summed E-state index contributed by atoms with van der Waals surface area (Å²) in [5.41, 5.74) is 0. The Hall–Kier alpha value is -0.690. The van der Waals surface area contributed by atoms with E-state index >= 15 is 0 Å². The second-order valence-electron chi connectivity index (χ2n) is 3.68. The molecule has 102 valence electrons. The highest BCUT2D eigenvalue weighted by atomic mass is 16.5. The molecule has 0 aliphatic rings. The predicted molar refractivity (Wildman–Crippen MR) is 62.7 cm³/mol. The van der Waals surface area contributed by atoms with Crippen LogP contribution in [-0.4, -0.2) is 73.8 Å². The van der Waals surface area contributed by atoms with Gasteiger partial charge in [0.05, 0.1) is 32.3 Å². The van der Waals surface area contributed by atoms with Crippen molar-refractivity contribution in [3.63, 3.8) is 0 Å². The molecular formula is C11H23NO5. The van der Waals surface area contributed by atoms with Gasteiger partial charge in [-0.3, -0.25) is 9.69 Å². The first-order valence-electron chi connectivity index (χ1n) is 5.79. The van der Waals surface area contributed by atoms with Crippen molar-refractivity contribution in [1.82, 2.24) is 4.90 Å². The highest BCUT2D eigenvalue weighted by molar-refractivity contribution is 5.69.